The molecule has 0 amide bonds. The number of pyridine rings is 1. The molecule has 1 saturated heterocycles. The molecule has 4 atom stereocenters. The zero-order valence-electron chi connectivity index (χ0n) is 11.8. The molecular weight excluding hydrogens is 258 g/mol. The van der Waals surface area contributed by atoms with E-state index < -0.39 is 12.3 Å². The third kappa shape index (κ3) is 1.87. The number of rotatable bonds is 2. The Morgan fingerprint density at radius 3 is 2.95 bits per heavy atom. The number of aliphatic hydroxyl groups excluding tert-OH is 1. The lowest BCUT2D eigenvalue weighted by Crippen LogP contribution is -2.24. The smallest absolute Gasteiger partial charge is 0.276 e. The quantitative estimate of drug-likeness (QED) is 0.868. The third-order valence-corrected chi connectivity index (χ3v) is 4.12. The molecule has 1 aliphatic rings. The van der Waals surface area contributed by atoms with Crippen LogP contribution in [0.5, 0.6) is 0 Å². The lowest BCUT2D eigenvalue weighted by molar-refractivity contribution is -0.0352. The molecule has 6 heteroatoms. The summed E-state index contributed by atoms with van der Waals surface area (Å²) in [5.74, 6) is 0.0607. The summed E-state index contributed by atoms with van der Waals surface area (Å²) in [5.41, 5.74) is 1.61. The van der Waals surface area contributed by atoms with Gasteiger partial charge in [0.15, 0.2) is 11.7 Å². The van der Waals surface area contributed by atoms with E-state index in [-0.39, 0.29) is 17.6 Å². The molecule has 0 bridgehead atoms. The lowest BCUT2D eigenvalue weighted by atomic mass is 9.99. The number of aromatic nitrogens is 3. The molecule has 1 unspecified atom stereocenters. The van der Waals surface area contributed by atoms with Crippen molar-refractivity contribution >= 4 is 11.0 Å². The average Bonchev–Trinajstić information content (AvgIpc) is 2.93. The molecule has 3 rings (SSSR count). The first-order valence-corrected chi connectivity index (χ1v) is 6.93. The summed E-state index contributed by atoms with van der Waals surface area (Å²) in [6, 6.07) is 1.85. The summed E-state index contributed by atoms with van der Waals surface area (Å²) in [6.07, 6.45) is 1.35. The van der Waals surface area contributed by atoms with Crippen molar-refractivity contribution in [3.8, 4) is 0 Å². The highest BCUT2D eigenvalue weighted by Gasteiger charge is 2.41. The second-order valence-electron chi connectivity index (χ2n) is 5.49. The summed E-state index contributed by atoms with van der Waals surface area (Å²) in [5, 5.41) is 10.4. The maximum absolute atomic E-state index is 11.9. The summed E-state index contributed by atoms with van der Waals surface area (Å²) in [6.45, 7) is 5.84. The number of aromatic amines is 1. The van der Waals surface area contributed by atoms with Crippen molar-refractivity contribution < 1.29 is 9.84 Å². The minimum absolute atomic E-state index is 0.0237. The van der Waals surface area contributed by atoms with E-state index in [2.05, 4.69) is 9.97 Å². The first kappa shape index (κ1) is 13.3. The van der Waals surface area contributed by atoms with Crippen LogP contribution in [0.2, 0.25) is 0 Å². The third-order valence-electron chi connectivity index (χ3n) is 4.12. The van der Waals surface area contributed by atoms with Gasteiger partial charge in [0.2, 0.25) is 0 Å². The Balaban J connectivity index is 2.09. The van der Waals surface area contributed by atoms with Crippen LogP contribution >= 0.6 is 0 Å². The van der Waals surface area contributed by atoms with Gasteiger partial charge in [-0.05, 0) is 19.4 Å². The van der Waals surface area contributed by atoms with Crippen LogP contribution in [0.3, 0.4) is 0 Å². The van der Waals surface area contributed by atoms with Gasteiger partial charge in [-0.25, -0.2) is 4.98 Å². The normalized spacial score (nSPS) is 30.2. The number of ether oxygens (including phenoxy) is 1. The highest BCUT2D eigenvalue weighted by molar-refractivity contribution is 5.74. The zero-order valence-corrected chi connectivity index (χ0v) is 11.8. The Morgan fingerprint density at radius 2 is 2.30 bits per heavy atom. The van der Waals surface area contributed by atoms with Crippen molar-refractivity contribution in [2.75, 3.05) is 0 Å². The summed E-state index contributed by atoms with van der Waals surface area (Å²) < 4.78 is 7.69. The van der Waals surface area contributed by atoms with Crippen LogP contribution in [-0.2, 0) is 4.74 Å². The van der Waals surface area contributed by atoms with Crippen LogP contribution in [-0.4, -0.2) is 31.8 Å². The van der Waals surface area contributed by atoms with Gasteiger partial charge in [-0.3, -0.25) is 4.79 Å². The predicted molar refractivity (Wildman–Crippen MR) is 74.5 cm³/mol. The minimum Gasteiger partial charge on any atom is -0.388 e. The molecule has 6 nitrogen and oxygen atoms in total. The fourth-order valence-corrected chi connectivity index (χ4v) is 2.93. The van der Waals surface area contributed by atoms with Crippen LogP contribution in [0.15, 0.2) is 17.2 Å². The Labute approximate surface area is 116 Å². The Morgan fingerprint density at radius 1 is 1.55 bits per heavy atom. The highest BCUT2D eigenvalue weighted by atomic mass is 16.5. The topological polar surface area (TPSA) is 80.1 Å². The first-order chi connectivity index (χ1) is 9.52. The number of aryl methyl sites for hydroxylation is 1. The molecular formula is C14H19N3O3. The van der Waals surface area contributed by atoms with Crippen molar-refractivity contribution in [3.05, 3.63) is 28.4 Å². The largest absolute Gasteiger partial charge is 0.388 e. The number of H-pyrrole nitrogens is 1. The van der Waals surface area contributed by atoms with Gasteiger partial charge < -0.3 is 19.4 Å². The molecule has 0 saturated carbocycles. The van der Waals surface area contributed by atoms with E-state index in [4.69, 9.17) is 4.74 Å². The highest BCUT2D eigenvalue weighted by Crippen LogP contribution is 2.36. The number of hydrogen-bond donors (Lipinski definition) is 2. The zero-order chi connectivity index (χ0) is 14.4. The summed E-state index contributed by atoms with van der Waals surface area (Å²) >= 11 is 0. The predicted octanol–water partition coefficient (Wildman–Crippen LogP) is 1.34. The molecule has 2 aromatic rings. The van der Waals surface area contributed by atoms with Crippen molar-refractivity contribution in [3.63, 3.8) is 0 Å². The number of nitrogens with one attached hydrogen (secondary N) is 1. The number of imidazole rings is 1. The molecule has 20 heavy (non-hydrogen) atoms. The molecule has 0 aromatic carbocycles. The second kappa shape index (κ2) is 4.71. The molecule has 2 aromatic heterocycles. The Bertz CT molecular complexity index is 691. The molecule has 1 aliphatic heterocycles. The van der Waals surface area contributed by atoms with E-state index >= 15 is 0 Å². The van der Waals surface area contributed by atoms with E-state index in [0.717, 1.165) is 12.1 Å². The molecule has 108 valence electrons. The molecule has 0 radical (unpaired) electrons. The number of fused-ring (bicyclic) bond motifs is 1. The summed E-state index contributed by atoms with van der Waals surface area (Å²) in [4.78, 5) is 18.7. The number of hydrogen-bond acceptors (Lipinski definition) is 4. The average molecular weight is 277 g/mol. The van der Waals surface area contributed by atoms with Gasteiger partial charge in [-0.2, -0.15) is 0 Å². The molecule has 0 aliphatic carbocycles. The van der Waals surface area contributed by atoms with Gasteiger partial charge in [0, 0.05) is 11.6 Å². The Hall–Kier alpha value is -1.66. The molecule has 1 fully saturated rings. The van der Waals surface area contributed by atoms with Crippen LogP contribution in [0.4, 0.5) is 0 Å². The lowest BCUT2D eigenvalue weighted by Gasteiger charge is -2.17. The van der Waals surface area contributed by atoms with Crippen LogP contribution in [0.1, 0.15) is 32.2 Å². The second-order valence-corrected chi connectivity index (χ2v) is 5.49. The molecule has 0 spiro atoms. The van der Waals surface area contributed by atoms with Gasteiger partial charge in [0.05, 0.1) is 17.9 Å². The van der Waals surface area contributed by atoms with Crippen molar-refractivity contribution in [1.29, 1.82) is 0 Å². The Kier molecular flexibility index (Phi) is 3.14. The maximum atomic E-state index is 11.9. The van der Waals surface area contributed by atoms with E-state index in [9.17, 15) is 9.90 Å². The van der Waals surface area contributed by atoms with Gasteiger partial charge in [0.25, 0.3) is 5.56 Å². The van der Waals surface area contributed by atoms with Gasteiger partial charge >= 0.3 is 0 Å². The SMILES string of the molecule is CC[C@H]1O[C@@H](n2cnc3c(=O)[nH]c(C)cc32)[C@@H](O)C1C. The van der Waals surface area contributed by atoms with Crippen molar-refractivity contribution in [2.45, 2.75) is 45.6 Å². The van der Waals surface area contributed by atoms with Crippen LogP contribution < -0.4 is 5.56 Å². The van der Waals surface area contributed by atoms with Gasteiger partial charge in [0.1, 0.15) is 6.10 Å². The van der Waals surface area contributed by atoms with Crippen molar-refractivity contribution in [2.24, 2.45) is 5.92 Å². The van der Waals surface area contributed by atoms with E-state index in [1.54, 1.807) is 10.9 Å². The monoisotopic (exact) mass is 277 g/mol. The molecule has 3 heterocycles. The minimum atomic E-state index is -0.600. The number of aliphatic hydroxyl groups is 1. The van der Waals surface area contributed by atoms with Gasteiger partial charge in [-0.1, -0.05) is 13.8 Å². The number of nitrogens with zero attached hydrogens (tertiary/aromatic N) is 2. The fourth-order valence-electron chi connectivity index (χ4n) is 2.93. The first-order valence-electron chi connectivity index (χ1n) is 6.93. The maximum Gasteiger partial charge on any atom is 0.276 e. The van der Waals surface area contributed by atoms with Gasteiger partial charge in [-0.15, -0.1) is 0 Å². The fraction of sp³-hybridized carbons (Fsp3) is 0.571. The van der Waals surface area contributed by atoms with E-state index in [0.29, 0.717) is 11.0 Å². The van der Waals surface area contributed by atoms with E-state index in [1.165, 1.54) is 0 Å². The standard InChI is InChI=1S/C14H19N3O3/c1-4-10-8(3)12(18)14(20-10)17-6-15-11-9(17)5-7(2)16-13(11)19/h5-6,8,10,12,14,18H,4H2,1-3H3,(H,16,19)/t8?,10-,12+,14-/m1/s1. The molecule has 2 N–H and O–H groups in total. The van der Waals surface area contributed by atoms with E-state index in [1.807, 2.05) is 26.8 Å². The van der Waals surface area contributed by atoms with Crippen molar-refractivity contribution in [1.82, 2.24) is 14.5 Å². The van der Waals surface area contributed by atoms with Crippen LogP contribution in [0.25, 0.3) is 11.0 Å². The summed E-state index contributed by atoms with van der Waals surface area (Å²) in [7, 11) is 0. The van der Waals surface area contributed by atoms with Crippen LogP contribution in [0, 0.1) is 12.8 Å².